The smallest absolute Gasteiger partial charge is 0.129 e. The molecule has 3 heteroatoms. The summed E-state index contributed by atoms with van der Waals surface area (Å²) >= 11 is 0. The van der Waals surface area contributed by atoms with Crippen LogP contribution in [0.4, 0.5) is 5.82 Å². The lowest BCUT2D eigenvalue weighted by molar-refractivity contribution is 0.621. The Morgan fingerprint density at radius 2 is 2.19 bits per heavy atom. The number of aromatic nitrogens is 1. The highest BCUT2D eigenvalue weighted by Gasteiger charge is 2.35. The minimum absolute atomic E-state index is 0.654. The summed E-state index contributed by atoms with van der Waals surface area (Å²) in [6, 6.07) is 5.69. The monoisotopic (exact) mass is 217 g/mol. The fourth-order valence-electron chi connectivity index (χ4n) is 2.56. The summed E-state index contributed by atoms with van der Waals surface area (Å²) in [5, 5.41) is 3.45. The van der Waals surface area contributed by atoms with Crippen molar-refractivity contribution in [3.63, 3.8) is 0 Å². The second-order valence-electron chi connectivity index (χ2n) is 4.98. The Labute approximate surface area is 96.9 Å². The van der Waals surface area contributed by atoms with Crippen LogP contribution < -0.4 is 10.2 Å². The number of aryl methyl sites for hydroxylation is 1. The third kappa shape index (κ3) is 1.92. The van der Waals surface area contributed by atoms with Gasteiger partial charge in [0.15, 0.2) is 0 Å². The minimum Gasteiger partial charge on any atom is -0.349 e. The van der Waals surface area contributed by atoms with Crippen LogP contribution in [0.15, 0.2) is 18.3 Å². The van der Waals surface area contributed by atoms with Crippen LogP contribution in [-0.4, -0.2) is 30.2 Å². The molecule has 0 aromatic carbocycles. The predicted molar refractivity (Wildman–Crippen MR) is 65.7 cm³/mol. The molecule has 0 spiro atoms. The van der Waals surface area contributed by atoms with Crippen molar-refractivity contribution in [3.8, 4) is 0 Å². The van der Waals surface area contributed by atoms with Crippen molar-refractivity contribution in [2.75, 3.05) is 18.0 Å². The van der Waals surface area contributed by atoms with E-state index >= 15 is 0 Å². The summed E-state index contributed by atoms with van der Waals surface area (Å²) in [4.78, 5) is 7.09. The first-order valence-electron chi connectivity index (χ1n) is 6.26. The molecule has 16 heavy (non-hydrogen) atoms. The zero-order valence-corrected chi connectivity index (χ0v) is 9.82. The van der Waals surface area contributed by atoms with Gasteiger partial charge in [0.25, 0.3) is 0 Å². The van der Waals surface area contributed by atoms with Crippen molar-refractivity contribution in [1.82, 2.24) is 10.3 Å². The lowest BCUT2D eigenvalue weighted by Gasteiger charge is -2.29. The molecule has 1 N–H and O–H groups in total. The normalized spacial score (nSPS) is 24.7. The third-order valence-electron chi connectivity index (χ3n) is 3.53. The molecular formula is C13H19N3. The molecule has 1 unspecified atom stereocenters. The van der Waals surface area contributed by atoms with Gasteiger partial charge in [-0.2, -0.15) is 0 Å². The van der Waals surface area contributed by atoms with Crippen LogP contribution in [0.3, 0.4) is 0 Å². The van der Waals surface area contributed by atoms with Crippen molar-refractivity contribution in [2.45, 2.75) is 38.3 Å². The van der Waals surface area contributed by atoms with E-state index in [1.165, 1.54) is 30.6 Å². The summed E-state index contributed by atoms with van der Waals surface area (Å²) in [6.45, 7) is 4.41. The van der Waals surface area contributed by atoms with Crippen LogP contribution in [0.2, 0.25) is 0 Å². The molecule has 1 saturated heterocycles. The van der Waals surface area contributed by atoms with Gasteiger partial charge < -0.3 is 10.2 Å². The Morgan fingerprint density at radius 1 is 1.31 bits per heavy atom. The number of hydrogen-bond acceptors (Lipinski definition) is 3. The quantitative estimate of drug-likeness (QED) is 0.835. The van der Waals surface area contributed by atoms with Gasteiger partial charge in [0, 0.05) is 24.8 Å². The second kappa shape index (κ2) is 4.06. The van der Waals surface area contributed by atoms with E-state index in [0.29, 0.717) is 6.04 Å². The molecule has 86 valence electrons. The van der Waals surface area contributed by atoms with E-state index in [4.69, 9.17) is 0 Å². The van der Waals surface area contributed by atoms with E-state index in [9.17, 15) is 0 Å². The Bertz CT molecular complexity index is 367. The zero-order chi connectivity index (χ0) is 11.0. The van der Waals surface area contributed by atoms with Crippen molar-refractivity contribution in [3.05, 3.63) is 23.9 Å². The fraction of sp³-hybridized carbons (Fsp3) is 0.615. The van der Waals surface area contributed by atoms with E-state index in [1.807, 2.05) is 6.20 Å². The Balaban J connectivity index is 1.87. The number of pyridine rings is 1. The van der Waals surface area contributed by atoms with E-state index in [2.05, 4.69) is 34.3 Å². The van der Waals surface area contributed by atoms with Gasteiger partial charge in [0.05, 0.1) is 0 Å². The highest BCUT2D eigenvalue weighted by Crippen LogP contribution is 2.33. The standard InChI is InChI=1S/C13H19N3/c1-10-4-7-15-13(8-10)16(11-2-3-11)12-5-6-14-9-12/h4,7-8,11-12,14H,2-3,5-6,9H2,1H3. The number of nitrogens with one attached hydrogen (secondary N) is 1. The maximum atomic E-state index is 4.54. The Morgan fingerprint density at radius 3 is 2.81 bits per heavy atom. The van der Waals surface area contributed by atoms with E-state index in [0.717, 1.165) is 19.1 Å². The second-order valence-corrected chi connectivity index (χ2v) is 4.98. The van der Waals surface area contributed by atoms with Gasteiger partial charge in [-0.05, 0) is 50.4 Å². The maximum absolute atomic E-state index is 4.54. The molecule has 2 heterocycles. The van der Waals surface area contributed by atoms with Gasteiger partial charge in [-0.25, -0.2) is 4.98 Å². The molecular weight excluding hydrogens is 198 g/mol. The molecule has 1 saturated carbocycles. The van der Waals surface area contributed by atoms with E-state index in [-0.39, 0.29) is 0 Å². The summed E-state index contributed by atoms with van der Waals surface area (Å²) in [5.74, 6) is 1.18. The molecule has 1 atom stereocenters. The highest BCUT2D eigenvalue weighted by atomic mass is 15.3. The van der Waals surface area contributed by atoms with Crippen molar-refractivity contribution in [1.29, 1.82) is 0 Å². The fourth-order valence-corrected chi connectivity index (χ4v) is 2.56. The molecule has 0 bridgehead atoms. The SMILES string of the molecule is Cc1ccnc(N(C2CC2)C2CCNC2)c1. The molecule has 1 aromatic heterocycles. The third-order valence-corrected chi connectivity index (χ3v) is 3.53. The van der Waals surface area contributed by atoms with Gasteiger partial charge in [-0.1, -0.05) is 0 Å². The van der Waals surface area contributed by atoms with Crippen LogP contribution in [-0.2, 0) is 0 Å². The lowest BCUT2D eigenvalue weighted by atomic mass is 10.2. The Hall–Kier alpha value is -1.09. The molecule has 3 nitrogen and oxygen atoms in total. The molecule has 2 fully saturated rings. The summed E-state index contributed by atoms with van der Waals surface area (Å²) in [6.07, 6.45) is 5.87. The first kappa shape index (κ1) is 10.1. The van der Waals surface area contributed by atoms with E-state index < -0.39 is 0 Å². The first-order valence-corrected chi connectivity index (χ1v) is 6.26. The van der Waals surface area contributed by atoms with Gasteiger partial charge in [-0.15, -0.1) is 0 Å². The van der Waals surface area contributed by atoms with Crippen molar-refractivity contribution >= 4 is 5.82 Å². The summed E-state index contributed by atoms with van der Waals surface area (Å²) < 4.78 is 0. The van der Waals surface area contributed by atoms with Gasteiger partial charge in [0.2, 0.25) is 0 Å². The lowest BCUT2D eigenvalue weighted by Crippen LogP contribution is -2.39. The average molecular weight is 217 g/mol. The first-order chi connectivity index (χ1) is 7.84. The van der Waals surface area contributed by atoms with E-state index in [1.54, 1.807) is 0 Å². The van der Waals surface area contributed by atoms with Gasteiger partial charge in [-0.3, -0.25) is 0 Å². The molecule has 1 aliphatic carbocycles. The minimum atomic E-state index is 0.654. The van der Waals surface area contributed by atoms with Crippen LogP contribution >= 0.6 is 0 Å². The molecule has 0 radical (unpaired) electrons. The molecule has 1 aliphatic heterocycles. The zero-order valence-electron chi connectivity index (χ0n) is 9.82. The predicted octanol–water partition coefficient (Wildman–Crippen LogP) is 1.72. The largest absolute Gasteiger partial charge is 0.349 e. The van der Waals surface area contributed by atoms with Crippen LogP contribution in [0, 0.1) is 6.92 Å². The van der Waals surface area contributed by atoms with Crippen molar-refractivity contribution in [2.24, 2.45) is 0 Å². The average Bonchev–Trinajstić information content (AvgIpc) is 2.94. The number of anilines is 1. The van der Waals surface area contributed by atoms with Crippen LogP contribution in [0.1, 0.15) is 24.8 Å². The van der Waals surface area contributed by atoms with Gasteiger partial charge in [0.1, 0.15) is 5.82 Å². The van der Waals surface area contributed by atoms with Crippen molar-refractivity contribution < 1.29 is 0 Å². The number of nitrogens with zero attached hydrogens (tertiary/aromatic N) is 2. The summed E-state index contributed by atoms with van der Waals surface area (Å²) in [5.41, 5.74) is 1.31. The van der Waals surface area contributed by atoms with Gasteiger partial charge >= 0.3 is 0 Å². The van der Waals surface area contributed by atoms with Crippen LogP contribution in [0.5, 0.6) is 0 Å². The molecule has 2 aliphatic rings. The Kier molecular flexibility index (Phi) is 2.56. The maximum Gasteiger partial charge on any atom is 0.129 e. The van der Waals surface area contributed by atoms with Crippen LogP contribution in [0.25, 0.3) is 0 Å². The summed E-state index contributed by atoms with van der Waals surface area (Å²) in [7, 11) is 0. The highest BCUT2D eigenvalue weighted by molar-refractivity contribution is 5.45. The molecule has 3 rings (SSSR count). The molecule has 0 amide bonds. The number of rotatable bonds is 3. The molecule has 1 aromatic rings. The number of hydrogen-bond donors (Lipinski definition) is 1. The topological polar surface area (TPSA) is 28.2 Å².